The average molecular weight is 342 g/mol. The summed E-state index contributed by atoms with van der Waals surface area (Å²) in [5, 5.41) is 3.93. The van der Waals surface area contributed by atoms with Gasteiger partial charge in [0.2, 0.25) is 0 Å². The Morgan fingerprint density at radius 2 is 2.04 bits per heavy atom. The fourth-order valence-corrected chi connectivity index (χ4v) is 3.27. The van der Waals surface area contributed by atoms with Crippen molar-refractivity contribution < 1.29 is 0 Å². The van der Waals surface area contributed by atoms with E-state index < -0.39 is 0 Å². The quantitative estimate of drug-likeness (QED) is 0.692. The second-order valence-corrected chi connectivity index (χ2v) is 6.66. The maximum absolute atomic E-state index is 6.16. The number of aryl methyl sites for hydroxylation is 1. The van der Waals surface area contributed by atoms with Crippen LogP contribution in [0.2, 0.25) is 5.15 Å². The van der Waals surface area contributed by atoms with Crippen molar-refractivity contribution >= 4 is 28.5 Å². The van der Waals surface area contributed by atoms with Crippen molar-refractivity contribution in [2.75, 3.05) is 5.32 Å². The Morgan fingerprint density at radius 3 is 2.79 bits per heavy atom. The summed E-state index contributed by atoms with van der Waals surface area (Å²) in [4.78, 5) is 13.8. The van der Waals surface area contributed by atoms with Gasteiger partial charge in [-0.25, -0.2) is 15.0 Å². The Labute approximate surface area is 146 Å². The van der Waals surface area contributed by atoms with Gasteiger partial charge in [-0.2, -0.15) is 0 Å². The number of benzene rings is 1. The third-order valence-electron chi connectivity index (χ3n) is 4.41. The summed E-state index contributed by atoms with van der Waals surface area (Å²) in [6.07, 6.45) is 2.31. The molecule has 0 aliphatic heterocycles. The number of halogens is 1. The van der Waals surface area contributed by atoms with E-state index in [4.69, 9.17) is 16.6 Å². The largest absolute Gasteiger partial charge is 0.360 e. The number of anilines is 1. The molecule has 1 atom stereocenters. The van der Waals surface area contributed by atoms with Gasteiger partial charge in [0, 0.05) is 18.5 Å². The van der Waals surface area contributed by atoms with Gasteiger partial charge in [-0.15, -0.1) is 0 Å². The molecular weight excluding hydrogens is 322 g/mol. The number of nitrogens with one attached hydrogen (secondary N) is 1. The van der Waals surface area contributed by atoms with Gasteiger partial charge in [0.15, 0.2) is 0 Å². The third kappa shape index (κ3) is 2.84. The molecule has 4 rings (SSSR count). The second kappa shape index (κ2) is 6.06. The lowest BCUT2D eigenvalue weighted by Gasteiger charge is -2.16. The number of aromatic nitrogens is 4. The molecule has 5 nitrogen and oxygen atoms in total. The van der Waals surface area contributed by atoms with E-state index in [1.165, 1.54) is 0 Å². The minimum atomic E-state index is 0.0235. The highest BCUT2D eigenvalue weighted by atomic mass is 35.5. The smallest absolute Gasteiger partial charge is 0.135 e. The van der Waals surface area contributed by atoms with Crippen LogP contribution < -0.4 is 5.32 Å². The Bertz CT molecular complexity index is 884. The monoisotopic (exact) mass is 341 g/mol. The number of hydrogen-bond acceptors (Lipinski definition) is 4. The number of hydrogen-bond donors (Lipinski definition) is 1. The predicted octanol–water partition coefficient (Wildman–Crippen LogP) is 4.55. The fourth-order valence-electron chi connectivity index (χ4n) is 3.08. The topological polar surface area (TPSA) is 55.6 Å². The molecule has 1 N–H and O–H groups in total. The highest BCUT2D eigenvalue weighted by Crippen LogP contribution is 2.39. The van der Waals surface area contributed by atoms with Crippen LogP contribution in [0.3, 0.4) is 0 Å². The zero-order valence-corrected chi connectivity index (χ0v) is 14.6. The summed E-state index contributed by atoms with van der Waals surface area (Å²) < 4.78 is 2.23. The van der Waals surface area contributed by atoms with Crippen LogP contribution in [-0.4, -0.2) is 19.5 Å². The summed E-state index contributed by atoms with van der Waals surface area (Å²) >= 11 is 6.16. The summed E-state index contributed by atoms with van der Waals surface area (Å²) in [6, 6.07) is 10.0. The highest BCUT2D eigenvalue weighted by Gasteiger charge is 2.27. The molecule has 1 fully saturated rings. The van der Waals surface area contributed by atoms with Crippen LogP contribution in [0, 0.1) is 0 Å². The van der Waals surface area contributed by atoms with Crippen LogP contribution in [0.1, 0.15) is 50.3 Å². The zero-order valence-electron chi connectivity index (χ0n) is 13.8. The van der Waals surface area contributed by atoms with Gasteiger partial charge in [0.1, 0.15) is 22.6 Å². The Balaban J connectivity index is 1.66. The first kappa shape index (κ1) is 15.4. The van der Waals surface area contributed by atoms with Crippen molar-refractivity contribution in [2.24, 2.45) is 0 Å². The molecule has 0 spiro atoms. The highest BCUT2D eigenvalue weighted by molar-refractivity contribution is 6.29. The molecule has 0 bridgehead atoms. The minimum absolute atomic E-state index is 0.0235. The van der Waals surface area contributed by atoms with Crippen LogP contribution in [0.5, 0.6) is 0 Å². The average Bonchev–Trinajstić information content (AvgIpc) is 3.34. The van der Waals surface area contributed by atoms with Crippen molar-refractivity contribution in [1.29, 1.82) is 0 Å². The maximum atomic E-state index is 6.16. The van der Waals surface area contributed by atoms with E-state index in [0.29, 0.717) is 11.1 Å². The molecule has 2 heterocycles. The Kier molecular flexibility index (Phi) is 3.88. The van der Waals surface area contributed by atoms with Gasteiger partial charge in [-0.3, -0.25) is 0 Å². The number of imidazole rings is 1. The van der Waals surface area contributed by atoms with Gasteiger partial charge in [-0.05, 0) is 38.8 Å². The Hall–Kier alpha value is -2.14. The number of nitrogens with zero attached hydrogens (tertiary/aromatic N) is 4. The molecule has 1 aromatic carbocycles. The van der Waals surface area contributed by atoms with E-state index in [-0.39, 0.29) is 6.04 Å². The van der Waals surface area contributed by atoms with Gasteiger partial charge >= 0.3 is 0 Å². The van der Waals surface area contributed by atoms with Crippen molar-refractivity contribution in [2.45, 2.75) is 45.2 Å². The van der Waals surface area contributed by atoms with Crippen LogP contribution >= 0.6 is 11.6 Å². The normalized spacial score (nSPS) is 15.6. The number of para-hydroxylation sites is 2. The second-order valence-electron chi connectivity index (χ2n) is 6.28. The van der Waals surface area contributed by atoms with Crippen molar-refractivity contribution in [3.05, 3.63) is 47.1 Å². The zero-order chi connectivity index (χ0) is 16.7. The van der Waals surface area contributed by atoms with Crippen molar-refractivity contribution in [3.63, 3.8) is 0 Å². The predicted molar refractivity (Wildman–Crippen MR) is 96.5 cm³/mol. The SMILES string of the molecule is CCn1c(C(C)Nc2cc(Cl)nc(C3CC3)n2)nc2ccccc21. The molecule has 6 heteroatoms. The van der Waals surface area contributed by atoms with E-state index in [2.05, 4.69) is 39.8 Å². The third-order valence-corrected chi connectivity index (χ3v) is 4.60. The summed E-state index contributed by atoms with van der Waals surface area (Å²) in [7, 11) is 0. The molecule has 124 valence electrons. The van der Waals surface area contributed by atoms with E-state index in [1.807, 2.05) is 18.2 Å². The first-order chi connectivity index (χ1) is 11.7. The van der Waals surface area contributed by atoms with E-state index in [9.17, 15) is 0 Å². The number of fused-ring (bicyclic) bond motifs is 1. The van der Waals surface area contributed by atoms with Crippen LogP contribution in [0.15, 0.2) is 30.3 Å². The molecule has 1 unspecified atom stereocenters. The fraction of sp³-hybridized carbons (Fsp3) is 0.389. The van der Waals surface area contributed by atoms with Crippen LogP contribution in [0.25, 0.3) is 11.0 Å². The molecular formula is C18H20ClN5. The molecule has 0 saturated heterocycles. The van der Waals surface area contributed by atoms with Gasteiger partial charge in [-0.1, -0.05) is 23.7 Å². The first-order valence-electron chi connectivity index (χ1n) is 8.42. The summed E-state index contributed by atoms with van der Waals surface area (Å²) in [5.41, 5.74) is 2.17. The minimum Gasteiger partial charge on any atom is -0.360 e. The molecule has 1 aliphatic rings. The maximum Gasteiger partial charge on any atom is 0.135 e. The Morgan fingerprint density at radius 1 is 1.25 bits per heavy atom. The molecule has 2 aromatic heterocycles. The molecule has 3 aromatic rings. The van der Waals surface area contributed by atoms with Gasteiger partial charge < -0.3 is 9.88 Å². The lowest BCUT2D eigenvalue weighted by atomic mass is 10.3. The van der Waals surface area contributed by atoms with E-state index >= 15 is 0 Å². The van der Waals surface area contributed by atoms with Crippen LogP contribution in [0.4, 0.5) is 5.82 Å². The standard InChI is InChI=1S/C18H20ClN5/c1-3-24-14-7-5-4-6-13(14)21-18(24)11(2)20-16-10-15(19)22-17(23-16)12-8-9-12/h4-7,10-12H,3,8-9H2,1-2H3,(H,20,22,23). The van der Waals surface area contributed by atoms with Crippen LogP contribution in [-0.2, 0) is 6.54 Å². The lowest BCUT2D eigenvalue weighted by Crippen LogP contribution is -2.14. The van der Waals surface area contributed by atoms with Gasteiger partial charge in [0.25, 0.3) is 0 Å². The summed E-state index contributed by atoms with van der Waals surface area (Å²) in [5.74, 6) is 3.08. The van der Waals surface area contributed by atoms with Crippen molar-refractivity contribution in [1.82, 2.24) is 19.5 Å². The van der Waals surface area contributed by atoms with Gasteiger partial charge in [0.05, 0.1) is 17.1 Å². The molecule has 0 radical (unpaired) electrons. The lowest BCUT2D eigenvalue weighted by molar-refractivity contribution is 0.671. The number of rotatable bonds is 5. The first-order valence-corrected chi connectivity index (χ1v) is 8.79. The molecule has 1 aliphatic carbocycles. The van der Waals surface area contributed by atoms with E-state index in [1.54, 1.807) is 6.07 Å². The summed E-state index contributed by atoms with van der Waals surface area (Å²) in [6.45, 7) is 5.11. The molecule has 1 saturated carbocycles. The molecule has 24 heavy (non-hydrogen) atoms. The molecule has 0 amide bonds. The van der Waals surface area contributed by atoms with E-state index in [0.717, 1.165) is 47.9 Å². The van der Waals surface area contributed by atoms with Crippen molar-refractivity contribution in [3.8, 4) is 0 Å².